The average Bonchev–Trinajstić information content (AvgIpc) is 2.47. The van der Waals surface area contributed by atoms with Gasteiger partial charge in [-0.05, 0) is 30.7 Å². The zero-order valence-corrected chi connectivity index (χ0v) is 12.1. The molecule has 1 saturated heterocycles. The first kappa shape index (κ1) is 14.2. The average molecular weight is 287 g/mol. The SMILES string of the molecule is ClCC(CCl)(CC1CCOCC1)c1ccccc1. The summed E-state index contributed by atoms with van der Waals surface area (Å²) in [5.41, 5.74) is 1.17. The quantitative estimate of drug-likeness (QED) is 0.737. The smallest absolute Gasteiger partial charge is 0.0468 e. The molecule has 0 radical (unpaired) electrons. The largest absolute Gasteiger partial charge is 0.381 e. The lowest BCUT2D eigenvalue weighted by Crippen LogP contribution is -2.35. The van der Waals surface area contributed by atoms with E-state index in [0.717, 1.165) is 32.5 Å². The molecular formula is C15H20Cl2O. The molecule has 0 aromatic heterocycles. The van der Waals surface area contributed by atoms with Gasteiger partial charge in [0.25, 0.3) is 0 Å². The highest BCUT2D eigenvalue weighted by Crippen LogP contribution is 2.37. The van der Waals surface area contributed by atoms with Crippen LogP contribution in [0, 0.1) is 5.92 Å². The molecule has 1 fully saturated rings. The Hall–Kier alpha value is -0.240. The second-order valence-electron chi connectivity index (χ2n) is 5.17. The normalized spacial score (nSPS) is 17.9. The van der Waals surface area contributed by atoms with E-state index in [1.54, 1.807) is 0 Å². The van der Waals surface area contributed by atoms with Gasteiger partial charge in [0.15, 0.2) is 0 Å². The molecule has 1 aromatic carbocycles. The van der Waals surface area contributed by atoms with Crippen molar-refractivity contribution in [2.24, 2.45) is 5.92 Å². The zero-order chi connectivity index (χ0) is 12.8. The summed E-state index contributed by atoms with van der Waals surface area (Å²) in [6, 6.07) is 10.4. The van der Waals surface area contributed by atoms with E-state index in [4.69, 9.17) is 27.9 Å². The Bertz CT molecular complexity index is 343. The molecule has 0 unspecified atom stereocenters. The van der Waals surface area contributed by atoms with Crippen LogP contribution in [0.5, 0.6) is 0 Å². The minimum absolute atomic E-state index is 0.0909. The molecule has 0 atom stereocenters. The van der Waals surface area contributed by atoms with E-state index < -0.39 is 0 Å². The van der Waals surface area contributed by atoms with Gasteiger partial charge in [-0.1, -0.05) is 30.3 Å². The fraction of sp³-hybridized carbons (Fsp3) is 0.600. The molecule has 3 heteroatoms. The van der Waals surface area contributed by atoms with E-state index in [9.17, 15) is 0 Å². The van der Waals surface area contributed by atoms with E-state index in [-0.39, 0.29) is 5.41 Å². The van der Waals surface area contributed by atoms with Crippen LogP contribution < -0.4 is 0 Å². The van der Waals surface area contributed by atoms with Crippen molar-refractivity contribution in [3.05, 3.63) is 35.9 Å². The topological polar surface area (TPSA) is 9.23 Å². The molecule has 0 N–H and O–H groups in total. The van der Waals surface area contributed by atoms with Gasteiger partial charge >= 0.3 is 0 Å². The molecule has 0 aliphatic carbocycles. The lowest BCUT2D eigenvalue weighted by Gasteiger charge is -2.35. The number of benzene rings is 1. The van der Waals surface area contributed by atoms with Gasteiger partial charge in [0.05, 0.1) is 0 Å². The molecule has 18 heavy (non-hydrogen) atoms. The number of ether oxygens (including phenoxy) is 1. The number of halogens is 2. The Labute approximate surface area is 119 Å². The molecular weight excluding hydrogens is 267 g/mol. The van der Waals surface area contributed by atoms with E-state index in [1.807, 2.05) is 6.07 Å². The molecule has 1 aliphatic heterocycles. The second kappa shape index (κ2) is 6.79. The molecule has 0 bridgehead atoms. The summed E-state index contributed by atoms with van der Waals surface area (Å²) in [5, 5.41) is 0. The Balaban J connectivity index is 2.15. The Morgan fingerprint density at radius 1 is 1.06 bits per heavy atom. The van der Waals surface area contributed by atoms with Gasteiger partial charge in [-0.15, -0.1) is 23.2 Å². The monoisotopic (exact) mass is 286 g/mol. The summed E-state index contributed by atoms with van der Waals surface area (Å²) in [6.07, 6.45) is 3.32. The van der Waals surface area contributed by atoms with E-state index in [1.165, 1.54) is 5.56 Å². The van der Waals surface area contributed by atoms with E-state index in [0.29, 0.717) is 17.7 Å². The van der Waals surface area contributed by atoms with Gasteiger partial charge in [0.2, 0.25) is 0 Å². The van der Waals surface area contributed by atoms with Crippen LogP contribution in [0.2, 0.25) is 0 Å². The molecule has 1 aliphatic rings. The first-order valence-corrected chi connectivity index (χ1v) is 7.63. The molecule has 1 heterocycles. The number of rotatable bonds is 5. The first-order chi connectivity index (χ1) is 8.80. The predicted molar refractivity (Wildman–Crippen MR) is 77.7 cm³/mol. The van der Waals surface area contributed by atoms with E-state index >= 15 is 0 Å². The van der Waals surface area contributed by atoms with Crippen molar-refractivity contribution < 1.29 is 4.74 Å². The van der Waals surface area contributed by atoms with Gasteiger partial charge in [-0.3, -0.25) is 0 Å². The van der Waals surface area contributed by atoms with Crippen molar-refractivity contribution in [1.82, 2.24) is 0 Å². The fourth-order valence-electron chi connectivity index (χ4n) is 2.71. The first-order valence-electron chi connectivity index (χ1n) is 6.56. The van der Waals surface area contributed by atoms with Crippen molar-refractivity contribution in [3.8, 4) is 0 Å². The maximum Gasteiger partial charge on any atom is 0.0468 e. The summed E-state index contributed by atoms with van der Waals surface area (Å²) in [6.45, 7) is 1.75. The van der Waals surface area contributed by atoms with Crippen LogP contribution in [0.3, 0.4) is 0 Å². The van der Waals surface area contributed by atoms with Crippen LogP contribution in [0.15, 0.2) is 30.3 Å². The van der Waals surface area contributed by atoms with Crippen LogP contribution in [0.4, 0.5) is 0 Å². The maximum absolute atomic E-state index is 6.26. The summed E-state index contributed by atoms with van der Waals surface area (Å²) in [7, 11) is 0. The molecule has 2 rings (SSSR count). The number of hydrogen-bond acceptors (Lipinski definition) is 1. The highest BCUT2D eigenvalue weighted by Gasteiger charge is 2.34. The predicted octanol–water partition coefficient (Wildman–Crippen LogP) is 4.22. The summed E-state index contributed by atoms with van der Waals surface area (Å²) < 4.78 is 5.42. The number of alkyl halides is 2. The Morgan fingerprint density at radius 3 is 2.22 bits per heavy atom. The van der Waals surface area contributed by atoms with Crippen LogP contribution in [0.1, 0.15) is 24.8 Å². The van der Waals surface area contributed by atoms with Crippen molar-refractivity contribution >= 4 is 23.2 Å². The van der Waals surface area contributed by atoms with Crippen LogP contribution in [-0.4, -0.2) is 25.0 Å². The summed E-state index contributed by atoms with van der Waals surface area (Å²) >= 11 is 12.5. The van der Waals surface area contributed by atoms with Crippen LogP contribution >= 0.6 is 23.2 Å². The molecule has 0 saturated carbocycles. The van der Waals surface area contributed by atoms with Gasteiger partial charge < -0.3 is 4.74 Å². The lowest BCUT2D eigenvalue weighted by molar-refractivity contribution is 0.0581. The zero-order valence-electron chi connectivity index (χ0n) is 10.6. The summed E-state index contributed by atoms with van der Waals surface area (Å²) in [4.78, 5) is 0. The fourth-order valence-corrected chi connectivity index (χ4v) is 3.52. The second-order valence-corrected chi connectivity index (χ2v) is 5.71. The highest BCUT2D eigenvalue weighted by molar-refractivity contribution is 6.22. The van der Waals surface area contributed by atoms with Gasteiger partial charge in [0.1, 0.15) is 0 Å². The molecule has 100 valence electrons. The standard InChI is InChI=1S/C15H20Cl2O/c16-11-15(12-17,14-4-2-1-3-5-14)10-13-6-8-18-9-7-13/h1-5,13H,6-12H2. The summed E-state index contributed by atoms with van der Waals surface area (Å²) in [5.74, 6) is 1.84. The third kappa shape index (κ3) is 3.20. The molecule has 0 amide bonds. The Morgan fingerprint density at radius 2 is 1.67 bits per heavy atom. The molecule has 1 aromatic rings. The van der Waals surface area contributed by atoms with Gasteiger partial charge in [0, 0.05) is 30.4 Å². The van der Waals surface area contributed by atoms with Gasteiger partial charge in [-0.25, -0.2) is 0 Å². The minimum Gasteiger partial charge on any atom is -0.381 e. The van der Waals surface area contributed by atoms with Crippen LogP contribution in [0.25, 0.3) is 0 Å². The van der Waals surface area contributed by atoms with Gasteiger partial charge in [-0.2, -0.15) is 0 Å². The maximum atomic E-state index is 6.26. The third-order valence-electron chi connectivity index (χ3n) is 3.92. The van der Waals surface area contributed by atoms with Crippen LogP contribution in [-0.2, 0) is 10.2 Å². The molecule has 1 nitrogen and oxygen atoms in total. The van der Waals surface area contributed by atoms with E-state index in [2.05, 4.69) is 24.3 Å². The molecule has 0 spiro atoms. The minimum atomic E-state index is -0.0909. The van der Waals surface area contributed by atoms with Crippen molar-refractivity contribution in [2.75, 3.05) is 25.0 Å². The van der Waals surface area contributed by atoms with Crippen molar-refractivity contribution in [3.63, 3.8) is 0 Å². The Kier molecular flexibility index (Phi) is 5.35. The third-order valence-corrected chi connectivity index (χ3v) is 4.94. The van der Waals surface area contributed by atoms with Crippen molar-refractivity contribution in [2.45, 2.75) is 24.7 Å². The lowest BCUT2D eigenvalue weighted by atomic mass is 9.75. The van der Waals surface area contributed by atoms with Crippen molar-refractivity contribution in [1.29, 1.82) is 0 Å². The highest BCUT2D eigenvalue weighted by atomic mass is 35.5. The number of hydrogen-bond donors (Lipinski definition) is 0.